The maximum absolute atomic E-state index is 5.72. The van der Waals surface area contributed by atoms with Crippen LogP contribution in [0.3, 0.4) is 0 Å². The highest BCUT2D eigenvalue weighted by molar-refractivity contribution is 7.99. The number of rotatable bonds is 9. The van der Waals surface area contributed by atoms with Crippen LogP contribution in [0.2, 0.25) is 0 Å². The molecule has 1 fully saturated rings. The van der Waals surface area contributed by atoms with Crippen LogP contribution in [0.4, 0.5) is 0 Å². The van der Waals surface area contributed by atoms with E-state index in [1.54, 1.807) is 0 Å². The number of hydrogen-bond acceptors (Lipinski definition) is 3. The van der Waals surface area contributed by atoms with Crippen LogP contribution in [0.25, 0.3) is 0 Å². The Kier molecular flexibility index (Phi) is 8.33. The Morgan fingerprint density at radius 1 is 1.29 bits per heavy atom. The number of hydrogen-bond donors (Lipinski definition) is 1. The standard InChI is InChI=1S/C14H29NOS/c1-4-7-15-14-11-17-10-13(14)6-9-16-8-5-12(2)3/h12-15H,4-11H2,1-3H3. The van der Waals surface area contributed by atoms with E-state index in [1.807, 2.05) is 0 Å². The predicted molar refractivity (Wildman–Crippen MR) is 77.8 cm³/mol. The van der Waals surface area contributed by atoms with Crippen LogP contribution in [-0.4, -0.2) is 37.3 Å². The van der Waals surface area contributed by atoms with Gasteiger partial charge in [0.1, 0.15) is 0 Å². The maximum atomic E-state index is 5.72. The smallest absolute Gasteiger partial charge is 0.0469 e. The van der Waals surface area contributed by atoms with Gasteiger partial charge in [0.2, 0.25) is 0 Å². The van der Waals surface area contributed by atoms with Gasteiger partial charge < -0.3 is 10.1 Å². The van der Waals surface area contributed by atoms with Crippen LogP contribution in [0, 0.1) is 11.8 Å². The van der Waals surface area contributed by atoms with Crippen LogP contribution in [0.5, 0.6) is 0 Å². The largest absolute Gasteiger partial charge is 0.381 e. The molecule has 0 aromatic heterocycles. The molecule has 1 heterocycles. The van der Waals surface area contributed by atoms with E-state index in [2.05, 4.69) is 37.8 Å². The summed E-state index contributed by atoms with van der Waals surface area (Å²) in [7, 11) is 0. The molecule has 1 aliphatic rings. The van der Waals surface area contributed by atoms with Crippen molar-refractivity contribution in [1.82, 2.24) is 5.32 Å². The topological polar surface area (TPSA) is 21.3 Å². The molecule has 0 aromatic rings. The van der Waals surface area contributed by atoms with Crippen molar-refractivity contribution in [2.45, 2.75) is 46.1 Å². The molecule has 2 atom stereocenters. The van der Waals surface area contributed by atoms with Crippen LogP contribution in [0.15, 0.2) is 0 Å². The zero-order valence-electron chi connectivity index (χ0n) is 11.7. The summed E-state index contributed by atoms with van der Waals surface area (Å²) in [6.07, 6.45) is 3.65. The molecule has 3 heteroatoms. The molecule has 2 nitrogen and oxygen atoms in total. The van der Waals surface area contributed by atoms with E-state index in [1.165, 1.54) is 30.8 Å². The van der Waals surface area contributed by atoms with Crippen molar-refractivity contribution in [2.24, 2.45) is 11.8 Å². The summed E-state index contributed by atoms with van der Waals surface area (Å²) in [6, 6.07) is 0.730. The van der Waals surface area contributed by atoms with Crippen molar-refractivity contribution in [2.75, 3.05) is 31.3 Å². The predicted octanol–water partition coefficient (Wildman–Crippen LogP) is 3.17. The van der Waals surface area contributed by atoms with Gasteiger partial charge in [0.05, 0.1) is 0 Å². The molecule has 0 saturated carbocycles. The lowest BCUT2D eigenvalue weighted by Gasteiger charge is -2.20. The fourth-order valence-electron chi connectivity index (χ4n) is 2.09. The van der Waals surface area contributed by atoms with Gasteiger partial charge in [-0.3, -0.25) is 0 Å². The third-order valence-electron chi connectivity index (χ3n) is 3.33. The summed E-state index contributed by atoms with van der Waals surface area (Å²) in [5.41, 5.74) is 0. The Bertz CT molecular complexity index is 187. The van der Waals surface area contributed by atoms with Gasteiger partial charge in [0.15, 0.2) is 0 Å². The summed E-state index contributed by atoms with van der Waals surface area (Å²) >= 11 is 2.09. The molecule has 1 saturated heterocycles. The third-order valence-corrected chi connectivity index (χ3v) is 4.59. The molecule has 1 rings (SSSR count). The van der Waals surface area contributed by atoms with Crippen molar-refractivity contribution < 1.29 is 4.74 Å². The molecule has 0 aromatic carbocycles. The SMILES string of the molecule is CCCNC1CSCC1CCOCCC(C)C. The summed E-state index contributed by atoms with van der Waals surface area (Å²) < 4.78 is 5.72. The molecule has 1 aliphatic heterocycles. The van der Waals surface area contributed by atoms with E-state index in [9.17, 15) is 0 Å². The van der Waals surface area contributed by atoms with Crippen LogP contribution in [-0.2, 0) is 4.74 Å². The zero-order chi connectivity index (χ0) is 12.5. The molecule has 102 valence electrons. The molecule has 0 aliphatic carbocycles. The molecule has 17 heavy (non-hydrogen) atoms. The molecule has 0 radical (unpaired) electrons. The van der Waals surface area contributed by atoms with Crippen molar-refractivity contribution in [3.05, 3.63) is 0 Å². The molecule has 2 unspecified atom stereocenters. The third kappa shape index (κ3) is 6.68. The monoisotopic (exact) mass is 259 g/mol. The fraction of sp³-hybridized carbons (Fsp3) is 1.00. The Hall–Kier alpha value is 0.270. The lowest BCUT2D eigenvalue weighted by atomic mass is 10.0. The van der Waals surface area contributed by atoms with Gasteiger partial charge in [-0.2, -0.15) is 11.8 Å². The van der Waals surface area contributed by atoms with Crippen LogP contribution in [0.1, 0.15) is 40.0 Å². The first-order valence-electron chi connectivity index (χ1n) is 7.13. The molecule has 1 N–H and O–H groups in total. The van der Waals surface area contributed by atoms with Gasteiger partial charge in [0.25, 0.3) is 0 Å². The van der Waals surface area contributed by atoms with Gasteiger partial charge in [-0.1, -0.05) is 20.8 Å². The van der Waals surface area contributed by atoms with Crippen LogP contribution >= 0.6 is 11.8 Å². The zero-order valence-corrected chi connectivity index (χ0v) is 12.5. The summed E-state index contributed by atoms with van der Waals surface area (Å²) in [5.74, 6) is 4.19. The number of nitrogens with one attached hydrogen (secondary N) is 1. The van der Waals surface area contributed by atoms with E-state index >= 15 is 0 Å². The molecule has 0 bridgehead atoms. The maximum Gasteiger partial charge on any atom is 0.0469 e. The van der Waals surface area contributed by atoms with Gasteiger partial charge in [0, 0.05) is 25.0 Å². The minimum Gasteiger partial charge on any atom is -0.381 e. The second-order valence-corrected chi connectivity index (χ2v) is 6.52. The van der Waals surface area contributed by atoms with Crippen molar-refractivity contribution in [1.29, 1.82) is 0 Å². The highest BCUT2D eigenvalue weighted by Crippen LogP contribution is 2.26. The van der Waals surface area contributed by atoms with Gasteiger partial charge >= 0.3 is 0 Å². The minimum absolute atomic E-state index is 0.730. The highest BCUT2D eigenvalue weighted by atomic mass is 32.2. The summed E-state index contributed by atoms with van der Waals surface area (Å²) in [5, 5.41) is 3.66. The molecule has 0 amide bonds. The normalized spacial score (nSPS) is 24.7. The summed E-state index contributed by atoms with van der Waals surface area (Å²) in [6.45, 7) is 9.78. The first-order valence-corrected chi connectivity index (χ1v) is 8.28. The average molecular weight is 259 g/mol. The van der Waals surface area contributed by atoms with E-state index in [0.29, 0.717) is 0 Å². The average Bonchev–Trinajstić information content (AvgIpc) is 2.73. The second-order valence-electron chi connectivity index (χ2n) is 5.44. The Labute approximate surface area is 111 Å². The minimum atomic E-state index is 0.730. The molecule has 0 spiro atoms. The van der Waals surface area contributed by atoms with Gasteiger partial charge in [-0.15, -0.1) is 0 Å². The van der Waals surface area contributed by atoms with Crippen LogP contribution < -0.4 is 5.32 Å². The lowest BCUT2D eigenvalue weighted by Crippen LogP contribution is -2.36. The molecular weight excluding hydrogens is 230 g/mol. The van der Waals surface area contributed by atoms with Crippen molar-refractivity contribution in [3.8, 4) is 0 Å². The van der Waals surface area contributed by atoms with E-state index in [-0.39, 0.29) is 0 Å². The number of thioether (sulfide) groups is 1. The van der Waals surface area contributed by atoms with Gasteiger partial charge in [-0.05, 0) is 43.4 Å². The lowest BCUT2D eigenvalue weighted by molar-refractivity contribution is 0.110. The quantitative estimate of drug-likeness (QED) is 0.643. The summed E-state index contributed by atoms with van der Waals surface area (Å²) in [4.78, 5) is 0. The second kappa shape index (κ2) is 9.23. The Morgan fingerprint density at radius 2 is 2.12 bits per heavy atom. The van der Waals surface area contributed by atoms with E-state index in [4.69, 9.17) is 4.74 Å². The number of ether oxygens (including phenoxy) is 1. The molecular formula is C14H29NOS. The van der Waals surface area contributed by atoms with E-state index in [0.717, 1.165) is 37.6 Å². The van der Waals surface area contributed by atoms with Crippen molar-refractivity contribution >= 4 is 11.8 Å². The highest BCUT2D eigenvalue weighted by Gasteiger charge is 2.26. The van der Waals surface area contributed by atoms with E-state index < -0.39 is 0 Å². The Balaban J connectivity index is 2.04. The van der Waals surface area contributed by atoms with Crippen molar-refractivity contribution in [3.63, 3.8) is 0 Å². The van der Waals surface area contributed by atoms with Gasteiger partial charge in [-0.25, -0.2) is 0 Å². The Morgan fingerprint density at radius 3 is 2.82 bits per heavy atom. The first kappa shape index (κ1) is 15.3. The first-order chi connectivity index (χ1) is 8.24. The fourth-order valence-corrected chi connectivity index (χ4v) is 3.58.